The summed E-state index contributed by atoms with van der Waals surface area (Å²) in [6, 6.07) is 4.51. The molecule has 1 fully saturated rings. The number of hydrogen-bond donors (Lipinski definition) is 1. The van der Waals surface area contributed by atoms with E-state index >= 15 is 0 Å². The van der Waals surface area contributed by atoms with Crippen LogP contribution in [-0.4, -0.2) is 49.6 Å². The summed E-state index contributed by atoms with van der Waals surface area (Å²) in [5, 5.41) is 8.89. The second kappa shape index (κ2) is 6.62. The number of carboxylic acids is 1. The van der Waals surface area contributed by atoms with E-state index in [0.717, 1.165) is 0 Å². The average molecular weight is 399 g/mol. The number of halogens is 2. The fraction of sp³-hybridized carbons (Fsp3) is 0.417. The number of aliphatic carboxylic acids is 1. The van der Waals surface area contributed by atoms with E-state index in [-0.39, 0.29) is 36.0 Å². The molecule has 1 heterocycles. The summed E-state index contributed by atoms with van der Waals surface area (Å²) in [4.78, 5) is 10.7. The van der Waals surface area contributed by atoms with Gasteiger partial charge in [-0.2, -0.15) is 4.31 Å². The van der Waals surface area contributed by atoms with Crippen LogP contribution < -0.4 is 0 Å². The third kappa shape index (κ3) is 3.95. The van der Waals surface area contributed by atoms with E-state index in [1.165, 1.54) is 16.4 Å². The highest BCUT2D eigenvalue weighted by Gasteiger charge is 2.32. The van der Waals surface area contributed by atoms with Crippen LogP contribution >= 0.6 is 27.5 Å². The monoisotopic (exact) mass is 397 g/mol. The molecule has 0 spiro atoms. The predicted molar refractivity (Wildman–Crippen MR) is 79.9 cm³/mol. The Morgan fingerprint density at radius 1 is 1.52 bits per heavy atom. The molecule has 1 aromatic carbocycles. The molecular weight excluding hydrogens is 386 g/mol. The molecule has 1 unspecified atom stereocenters. The van der Waals surface area contributed by atoms with Crippen molar-refractivity contribution < 1.29 is 23.1 Å². The maximum atomic E-state index is 12.6. The zero-order valence-electron chi connectivity index (χ0n) is 10.8. The number of carbonyl (C=O) groups is 1. The fourth-order valence-corrected chi connectivity index (χ4v) is 4.52. The minimum atomic E-state index is -3.77. The molecule has 0 aliphatic carbocycles. The van der Waals surface area contributed by atoms with Crippen molar-refractivity contribution >= 4 is 43.5 Å². The zero-order chi connectivity index (χ0) is 15.6. The molecular formula is C12H13BrClNO5S. The number of morpholine rings is 1. The Morgan fingerprint density at radius 3 is 2.86 bits per heavy atom. The van der Waals surface area contributed by atoms with Gasteiger partial charge < -0.3 is 9.84 Å². The second-order valence-electron chi connectivity index (χ2n) is 4.53. The van der Waals surface area contributed by atoms with Gasteiger partial charge in [0.1, 0.15) is 4.90 Å². The molecule has 0 amide bonds. The summed E-state index contributed by atoms with van der Waals surface area (Å²) in [7, 11) is -3.77. The summed E-state index contributed by atoms with van der Waals surface area (Å²) >= 11 is 9.21. The topological polar surface area (TPSA) is 83.9 Å². The summed E-state index contributed by atoms with van der Waals surface area (Å²) in [6.45, 7) is 0.331. The van der Waals surface area contributed by atoms with Crippen molar-refractivity contribution in [1.29, 1.82) is 0 Å². The van der Waals surface area contributed by atoms with Crippen LogP contribution in [0.4, 0.5) is 0 Å². The molecule has 1 aliphatic rings. The number of hydrogen-bond acceptors (Lipinski definition) is 4. The number of rotatable bonds is 4. The molecule has 116 valence electrons. The Kier molecular flexibility index (Phi) is 5.26. The number of ether oxygens (including phenoxy) is 1. The van der Waals surface area contributed by atoms with Gasteiger partial charge in [0, 0.05) is 17.6 Å². The predicted octanol–water partition coefficient (Wildman–Crippen LogP) is 1.97. The third-order valence-corrected chi connectivity index (χ3v) is 5.86. The first-order chi connectivity index (χ1) is 9.80. The molecule has 2 rings (SSSR count). The first-order valence-electron chi connectivity index (χ1n) is 6.09. The van der Waals surface area contributed by atoms with Gasteiger partial charge in [-0.25, -0.2) is 8.42 Å². The van der Waals surface area contributed by atoms with Gasteiger partial charge in [0.2, 0.25) is 10.0 Å². The van der Waals surface area contributed by atoms with Gasteiger partial charge in [0.05, 0.1) is 24.2 Å². The Balaban J connectivity index is 2.24. The van der Waals surface area contributed by atoms with E-state index in [2.05, 4.69) is 15.9 Å². The Bertz CT molecular complexity index is 651. The molecule has 0 aromatic heterocycles. The van der Waals surface area contributed by atoms with Crippen molar-refractivity contribution in [2.75, 3.05) is 19.7 Å². The van der Waals surface area contributed by atoms with Crippen molar-refractivity contribution in [2.45, 2.75) is 17.4 Å². The number of carboxylic acid groups (broad SMARTS) is 1. The van der Waals surface area contributed by atoms with Gasteiger partial charge in [-0.3, -0.25) is 4.79 Å². The van der Waals surface area contributed by atoms with Gasteiger partial charge >= 0.3 is 5.97 Å². The van der Waals surface area contributed by atoms with Crippen LogP contribution in [0.25, 0.3) is 0 Å². The van der Waals surface area contributed by atoms with Crippen molar-refractivity contribution in [2.24, 2.45) is 0 Å². The summed E-state index contributed by atoms with van der Waals surface area (Å²) < 4.78 is 32.3. The molecule has 9 heteroatoms. The van der Waals surface area contributed by atoms with Gasteiger partial charge in [-0.15, -0.1) is 0 Å². The van der Waals surface area contributed by atoms with Crippen LogP contribution in [0.1, 0.15) is 6.42 Å². The van der Waals surface area contributed by atoms with Gasteiger partial charge in [0.25, 0.3) is 0 Å². The summed E-state index contributed by atoms with van der Waals surface area (Å²) in [5.74, 6) is -1.03. The van der Waals surface area contributed by atoms with Crippen LogP contribution in [0.3, 0.4) is 0 Å². The third-order valence-electron chi connectivity index (χ3n) is 3.02. The van der Waals surface area contributed by atoms with E-state index in [4.69, 9.17) is 21.4 Å². The molecule has 1 aromatic rings. The Hall–Kier alpha value is -0.670. The van der Waals surface area contributed by atoms with Crippen molar-refractivity contribution in [1.82, 2.24) is 4.31 Å². The quantitative estimate of drug-likeness (QED) is 0.838. The van der Waals surface area contributed by atoms with E-state index in [0.29, 0.717) is 4.47 Å². The van der Waals surface area contributed by atoms with Crippen LogP contribution in [0.15, 0.2) is 27.6 Å². The van der Waals surface area contributed by atoms with Crippen molar-refractivity contribution in [3.8, 4) is 0 Å². The summed E-state index contributed by atoms with van der Waals surface area (Å²) in [6.07, 6.45) is -0.889. The Labute approximate surface area is 135 Å². The van der Waals surface area contributed by atoms with E-state index < -0.39 is 22.1 Å². The van der Waals surface area contributed by atoms with Crippen LogP contribution in [0, 0.1) is 0 Å². The van der Waals surface area contributed by atoms with Crippen LogP contribution in [-0.2, 0) is 19.6 Å². The second-order valence-corrected chi connectivity index (χ2v) is 7.76. The largest absolute Gasteiger partial charge is 0.481 e. The number of sulfonamides is 1. The molecule has 6 nitrogen and oxygen atoms in total. The first-order valence-corrected chi connectivity index (χ1v) is 8.70. The lowest BCUT2D eigenvalue weighted by Crippen LogP contribution is -2.46. The molecule has 0 bridgehead atoms. The van der Waals surface area contributed by atoms with Crippen LogP contribution in [0.2, 0.25) is 5.02 Å². The molecule has 0 radical (unpaired) electrons. The highest BCUT2D eigenvalue weighted by molar-refractivity contribution is 9.10. The molecule has 21 heavy (non-hydrogen) atoms. The number of benzene rings is 1. The fourth-order valence-electron chi connectivity index (χ4n) is 2.05. The van der Waals surface area contributed by atoms with Gasteiger partial charge in [0.15, 0.2) is 0 Å². The number of nitrogens with zero attached hydrogens (tertiary/aromatic N) is 1. The maximum absolute atomic E-state index is 12.6. The molecule has 1 aliphatic heterocycles. The maximum Gasteiger partial charge on any atom is 0.306 e. The minimum Gasteiger partial charge on any atom is -0.481 e. The average Bonchev–Trinajstić information content (AvgIpc) is 2.37. The molecule has 1 saturated heterocycles. The Morgan fingerprint density at radius 2 is 2.24 bits per heavy atom. The van der Waals surface area contributed by atoms with Gasteiger partial charge in [-0.1, -0.05) is 27.5 Å². The van der Waals surface area contributed by atoms with E-state index in [1.54, 1.807) is 6.07 Å². The zero-order valence-corrected chi connectivity index (χ0v) is 14.0. The molecule has 0 saturated carbocycles. The smallest absolute Gasteiger partial charge is 0.306 e. The lowest BCUT2D eigenvalue weighted by molar-refractivity contribution is -0.141. The first kappa shape index (κ1) is 16.7. The van der Waals surface area contributed by atoms with Crippen molar-refractivity contribution in [3.63, 3.8) is 0 Å². The lowest BCUT2D eigenvalue weighted by atomic mass is 10.2. The normalized spacial score (nSPS) is 20.4. The van der Waals surface area contributed by atoms with Gasteiger partial charge in [-0.05, 0) is 18.2 Å². The van der Waals surface area contributed by atoms with E-state index in [9.17, 15) is 13.2 Å². The van der Waals surface area contributed by atoms with Crippen LogP contribution in [0.5, 0.6) is 0 Å². The van der Waals surface area contributed by atoms with Crippen molar-refractivity contribution in [3.05, 3.63) is 27.7 Å². The minimum absolute atomic E-state index is 0.00102. The lowest BCUT2D eigenvalue weighted by Gasteiger charge is -2.31. The standard InChI is InChI=1S/C12H13BrClNO5S/c13-8-1-2-11(10(14)5-8)21(18,19)15-3-4-20-9(7-15)6-12(16)17/h1-2,5,9H,3-4,6-7H2,(H,16,17). The van der Waals surface area contributed by atoms with E-state index in [1.807, 2.05) is 0 Å². The highest BCUT2D eigenvalue weighted by atomic mass is 79.9. The summed E-state index contributed by atoms with van der Waals surface area (Å²) in [5.41, 5.74) is 0. The SMILES string of the molecule is O=C(O)CC1CN(S(=O)(=O)c2ccc(Br)cc2Cl)CCO1. The molecule has 1 atom stereocenters. The highest BCUT2D eigenvalue weighted by Crippen LogP contribution is 2.28. The molecule has 1 N–H and O–H groups in total.